The van der Waals surface area contributed by atoms with Crippen LogP contribution in [-0.4, -0.2) is 115 Å². The van der Waals surface area contributed by atoms with Crippen LogP contribution in [0.3, 0.4) is 0 Å². The standard InChI is InChI=1S/C29H44N8O3/c1-6-20-17-35(5)25-16-31-29(33-27(25)37(20)19(2)3)32-24-8-7-23(22-9-14-40-26(22)24)28(39)30-15-21(38)18-36-12-10-34(4)11-13-36/h7-8,16,19-21,38H,6,9-15,17-18H2,1-5H3,(H,30,39)(H,31,32,33). The van der Waals surface area contributed by atoms with Crippen molar-refractivity contribution >= 4 is 29.0 Å². The lowest BCUT2D eigenvalue weighted by Crippen LogP contribution is -2.51. The number of likely N-dealkylation sites (N-methyl/N-ethyl adjacent to an activating group) is 2. The van der Waals surface area contributed by atoms with Crippen LogP contribution in [0.5, 0.6) is 5.75 Å². The summed E-state index contributed by atoms with van der Waals surface area (Å²) in [5, 5.41) is 16.8. The number of aliphatic hydroxyl groups excluding tert-OH is 1. The molecule has 0 saturated carbocycles. The summed E-state index contributed by atoms with van der Waals surface area (Å²) in [5.74, 6) is 1.89. The zero-order chi connectivity index (χ0) is 28.4. The van der Waals surface area contributed by atoms with Crippen LogP contribution in [0.15, 0.2) is 18.3 Å². The van der Waals surface area contributed by atoms with Gasteiger partial charge in [-0.2, -0.15) is 4.98 Å². The van der Waals surface area contributed by atoms with E-state index in [1.54, 1.807) is 0 Å². The molecule has 3 N–H and O–H groups in total. The van der Waals surface area contributed by atoms with Gasteiger partial charge in [0, 0.05) is 82.5 Å². The van der Waals surface area contributed by atoms with Gasteiger partial charge in [-0.3, -0.25) is 9.69 Å². The Balaban J connectivity index is 1.28. The summed E-state index contributed by atoms with van der Waals surface area (Å²) >= 11 is 0. The molecule has 3 aliphatic rings. The summed E-state index contributed by atoms with van der Waals surface area (Å²) in [6.45, 7) is 12.7. The molecule has 1 saturated heterocycles. The van der Waals surface area contributed by atoms with Crippen molar-refractivity contribution in [2.75, 3.05) is 81.6 Å². The van der Waals surface area contributed by atoms with E-state index < -0.39 is 6.10 Å². The molecule has 3 aliphatic heterocycles. The number of nitrogens with one attached hydrogen (secondary N) is 2. The lowest BCUT2D eigenvalue weighted by molar-refractivity contribution is 0.0737. The Bertz CT molecular complexity index is 1200. The van der Waals surface area contributed by atoms with Gasteiger partial charge in [0.1, 0.15) is 5.75 Å². The molecule has 0 radical (unpaired) electrons. The smallest absolute Gasteiger partial charge is 0.251 e. The molecule has 0 aliphatic carbocycles. The van der Waals surface area contributed by atoms with E-state index in [0.29, 0.717) is 48.9 Å². The number of aromatic nitrogens is 2. The van der Waals surface area contributed by atoms with E-state index in [0.717, 1.165) is 61.9 Å². The highest BCUT2D eigenvalue weighted by Gasteiger charge is 2.32. The maximum absolute atomic E-state index is 13.1. The van der Waals surface area contributed by atoms with Gasteiger partial charge < -0.3 is 35.2 Å². The number of rotatable bonds is 9. The van der Waals surface area contributed by atoms with Crippen LogP contribution in [0, 0.1) is 0 Å². The molecule has 0 bridgehead atoms. The number of anilines is 4. The van der Waals surface area contributed by atoms with Gasteiger partial charge in [0.05, 0.1) is 30.3 Å². The third kappa shape index (κ3) is 5.96. The molecule has 4 heterocycles. The topological polar surface area (TPSA) is 109 Å². The Morgan fingerprint density at radius 1 is 1.20 bits per heavy atom. The maximum atomic E-state index is 13.1. The number of β-amino-alcohol motifs (C(OH)–C–C–N with tert-alkyl or cyclic N) is 1. The lowest BCUT2D eigenvalue weighted by atomic mass is 10.0. The van der Waals surface area contributed by atoms with Crippen LogP contribution in [0.1, 0.15) is 43.1 Å². The second-order valence-corrected chi connectivity index (χ2v) is 11.5. The average molecular weight is 553 g/mol. The number of aliphatic hydroxyl groups is 1. The first-order chi connectivity index (χ1) is 19.2. The van der Waals surface area contributed by atoms with Crippen LogP contribution in [0.2, 0.25) is 0 Å². The normalized spacial score (nSPS) is 20.2. The number of ether oxygens (including phenoxy) is 1. The Hall–Kier alpha value is -3.15. The zero-order valence-corrected chi connectivity index (χ0v) is 24.5. The van der Waals surface area contributed by atoms with Gasteiger partial charge in [0.25, 0.3) is 5.91 Å². The van der Waals surface area contributed by atoms with Crippen molar-refractivity contribution in [2.24, 2.45) is 0 Å². The van der Waals surface area contributed by atoms with E-state index in [9.17, 15) is 9.90 Å². The van der Waals surface area contributed by atoms with Crippen LogP contribution in [0.4, 0.5) is 23.1 Å². The second kappa shape index (κ2) is 12.2. The summed E-state index contributed by atoms with van der Waals surface area (Å²) in [6, 6.07) is 4.36. The molecule has 11 heteroatoms. The lowest BCUT2D eigenvalue weighted by Gasteiger charge is -2.44. The number of carbonyl (C=O) groups is 1. The zero-order valence-electron chi connectivity index (χ0n) is 24.5. The summed E-state index contributed by atoms with van der Waals surface area (Å²) < 4.78 is 5.97. The fraction of sp³-hybridized carbons (Fsp3) is 0.621. The Kier molecular flexibility index (Phi) is 8.62. The fourth-order valence-electron chi connectivity index (χ4n) is 5.98. The minimum atomic E-state index is -0.615. The number of carbonyl (C=O) groups excluding carboxylic acids is 1. The summed E-state index contributed by atoms with van der Waals surface area (Å²) in [6.07, 6.45) is 2.94. The first-order valence-corrected chi connectivity index (χ1v) is 14.5. The number of nitrogens with zero attached hydrogens (tertiary/aromatic N) is 6. The molecular weight excluding hydrogens is 508 g/mol. The van der Waals surface area contributed by atoms with E-state index in [1.807, 2.05) is 18.3 Å². The first kappa shape index (κ1) is 28.4. The van der Waals surface area contributed by atoms with Gasteiger partial charge >= 0.3 is 0 Å². The number of benzene rings is 1. The average Bonchev–Trinajstić information content (AvgIpc) is 3.43. The van der Waals surface area contributed by atoms with Crippen molar-refractivity contribution < 1.29 is 14.6 Å². The molecule has 5 rings (SSSR count). The van der Waals surface area contributed by atoms with E-state index in [2.05, 4.69) is 70.1 Å². The SMILES string of the molecule is CCC1CN(C)c2cnc(Nc3ccc(C(=O)NCC(O)CN4CCN(C)CC4)c4c3OCC4)nc2N1C(C)C. The van der Waals surface area contributed by atoms with Gasteiger partial charge in [0.15, 0.2) is 5.82 Å². The number of piperazine rings is 1. The number of amides is 1. The predicted molar refractivity (Wildman–Crippen MR) is 158 cm³/mol. The van der Waals surface area contributed by atoms with Gasteiger partial charge in [-0.1, -0.05) is 6.92 Å². The van der Waals surface area contributed by atoms with Crippen molar-refractivity contribution in [2.45, 2.75) is 51.8 Å². The molecule has 2 unspecified atom stereocenters. The van der Waals surface area contributed by atoms with Gasteiger partial charge in [-0.25, -0.2) is 4.98 Å². The third-order valence-corrected chi connectivity index (χ3v) is 8.22. The van der Waals surface area contributed by atoms with Crippen LogP contribution in [0.25, 0.3) is 0 Å². The molecule has 1 amide bonds. The fourth-order valence-corrected chi connectivity index (χ4v) is 5.98. The molecule has 218 valence electrons. The summed E-state index contributed by atoms with van der Waals surface area (Å²) in [4.78, 5) is 31.8. The van der Waals surface area contributed by atoms with Crippen molar-refractivity contribution in [1.29, 1.82) is 0 Å². The largest absolute Gasteiger partial charge is 0.491 e. The molecule has 11 nitrogen and oxygen atoms in total. The van der Waals surface area contributed by atoms with Crippen molar-refractivity contribution in [3.63, 3.8) is 0 Å². The van der Waals surface area contributed by atoms with Crippen molar-refractivity contribution in [1.82, 2.24) is 25.1 Å². The van der Waals surface area contributed by atoms with Crippen molar-refractivity contribution in [3.8, 4) is 5.75 Å². The molecule has 0 spiro atoms. The summed E-state index contributed by atoms with van der Waals surface area (Å²) in [7, 11) is 4.20. The maximum Gasteiger partial charge on any atom is 0.251 e. The number of hydrogen-bond donors (Lipinski definition) is 3. The van der Waals surface area contributed by atoms with Gasteiger partial charge in [0.2, 0.25) is 5.95 Å². The van der Waals surface area contributed by atoms with Crippen LogP contribution in [-0.2, 0) is 6.42 Å². The van der Waals surface area contributed by atoms with Crippen LogP contribution >= 0.6 is 0 Å². The molecule has 2 atom stereocenters. The van der Waals surface area contributed by atoms with E-state index in [-0.39, 0.29) is 12.5 Å². The highest BCUT2D eigenvalue weighted by molar-refractivity contribution is 5.97. The van der Waals surface area contributed by atoms with E-state index >= 15 is 0 Å². The van der Waals surface area contributed by atoms with Gasteiger partial charge in [-0.05, 0) is 39.4 Å². The minimum absolute atomic E-state index is 0.197. The summed E-state index contributed by atoms with van der Waals surface area (Å²) in [5.41, 5.74) is 3.21. The Labute approximate surface area is 237 Å². The van der Waals surface area contributed by atoms with E-state index in [1.165, 1.54) is 0 Å². The van der Waals surface area contributed by atoms with E-state index in [4.69, 9.17) is 9.72 Å². The highest BCUT2D eigenvalue weighted by Crippen LogP contribution is 2.39. The molecular formula is C29H44N8O3. The molecule has 2 aromatic rings. The third-order valence-electron chi connectivity index (χ3n) is 8.22. The number of fused-ring (bicyclic) bond motifs is 2. The minimum Gasteiger partial charge on any atom is -0.491 e. The molecule has 1 fully saturated rings. The first-order valence-electron chi connectivity index (χ1n) is 14.5. The Morgan fingerprint density at radius 2 is 1.98 bits per heavy atom. The number of hydrogen-bond acceptors (Lipinski definition) is 10. The quantitative estimate of drug-likeness (QED) is 0.427. The molecule has 40 heavy (non-hydrogen) atoms. The highest BCUT2D eigenvalue weighted by atomic mass is 16.5. The molecule has 1 aromatic heterocycles. The Morgan fingerprint density at radius 3 is 2.70 bits per heavy atom. The predicted octanol–water partition coefficient (Wildman–Crippen LogP) is 1.94. The molecule has 1 aromatic carbocycles. The van der Waals surface area contributed by atoms with Crippen molar-refractivity contribution in [3.05, 3.63) is 29.5 Å². The monoisotopic (exact) mass is 552 g/mol. The van der Waals surface area contributed by atoms with Gasteiger partial charge in [-0.15, -0.1) is 0 Å². The second-order valence-electron chi connectivity index (χ2n) is 11.5. The van der Waals surface area contributed by atoms with Crippen LogP contribution < -0.4 is 25.2 Å².